The molecule has 11 heteroatoms. The molecule has 22 heavy (non-hydrogen) atoms. The van der Waals surface area contributed by atoms with Gasteiger partial charge in [0.05, 0.1) is 12.7 Å². The Morgan fingerprint density at radius 1 is 1.68 bits per heavy atom. The second-order valence-corrected chi connectivity index (χ2v) is 8.51. The van der Waals surface area contributed by atoms with Gasteiger partial charge in [-0.1, -0.05) is 0 Å². The number of hydrogen-bond donors (Lipinski definition) is 3. The number of nitrogens with zero attached hydrogens (tertiary/aromatic N) is 3. The van der Waals surface area contributed by atoms with Crippen molar-refractivity contribution >= 4 is 24.3 Å². The Balaban J connectivity index is 2.00. The maximum atomic E-state index is 11.8. The quantitative estimate of drug-likeness (QED) is 0.582. The maximum absolute atomic E-state index is 11.8. The molecule has 1 aromatic heterocycles. The Kier molecular flexibility index (Phi) is 5.67. The van der Waals surface area contributed by atoms with E-state index >= 15 is 0 Å². The van der Waals surface area contributed by atoms with Crippen molar-refractivity contribution in [2.24, 2.45) is 0 Å². The lowest BCUT2D eigenvalue weighted by Gasteiger charge is -2.32. The molecular weight excluding hydrogens is 329 g/mol. The molecule has 0 aliphatic carbocycles. The molecule has 1 saturated heterocycles. The fourth-order valence-electron chi connectivity index (χ4n) is 1.89. The van der Waals surface area contributed by atoms with E-state index in [4.69, 9.17) is 26.8 Å². The molecule has 1 fully saturated rings. The molecule has 0 aromatic carbocycles. The van der Waals surface area contributed by atoms with Crippen molar-refractivity contribution in [3.8, 4) is 0 Å². The summed E-state index contributed by atoms with van der Waals surface area (Å²) in [7, 11) is 3.31. The summed E-state index contributed by atoms with van der Waals surface area (Å²) in [5.41, 5.74) is 4.99. The molecule has 0 bridgehead atoms. The summed E-state index contributed by atoms with van der Waals surface area (Å²) in [6.45, 7) is -1.85. The fourth-order valence-corrected chi connectivity index (χ4v) is 2.66. The summed E-state index contributed by atoms with van der Waals surface area (Å²) < 4.78 is 14.0. The van der Waals surface area contributed by atoms with E-state index < -0.39 is 18.6 Å². The second-order valence-electron chi connectivity index (χ2n) is 5.05. The third-order valence-corrected chi connectivity index (χ3v) is 5.93. The minimum absolute atomic E-state index is 0.132. The lowest BCUT2D eigenvalue weighted by Crippen LogP contribution is -2.47. The van der Waals surface area contributed by atoms with Crippen molar-refractivity contribution in [2.75, 3.05) is 39.5 Å². The largest absolute Gasteiger partial charge is 0.383 e. The summed E-state index contributed by atoms with van der Waals surface area (Å²) in [4.78, 5) is 25.5. The predicted octanol–water partition coefficient (Wildman–Crippen LogP) is -0.892. The van der Waals surface area contributed by atoms with E-state index in [1.165, 1.54) is 21.5 Å². The van der Waals surface area contributed by atoms with Gasteiger partial charge in [-0.2, -0.15) is 4.98 Å². The van der Waals surface area contributed by atoms with Gasteiger partial charge >= 0.3 is 5.69 Å². The molecule has 124 valence electrons. The number of nitrogen functional groups attached to an aromatic ring is 1. The van der Waals surface area contributed by atoms with Crippen molar-refractivity contribution in [3.05, 3.63) is 22.7 Å². The van der Waals surface area contributed by atoms with E-state index in [-0.39, 0.29) is 18.5 Å². The molecule has 3 atom stereocenters. The number of morpholine rings is 1. The summed E-state index contributed by atoms with van der Waals surface area (Å²) in [5, 5.41) is 3.15. The van der Waals surface area contributed by atoms with Gasteiger partial charge in [-0.25, -0.2) is 9.46 Å². The predicted molar refractivity (Wildman–Crippen MR) is 85.8 cm³/mol. The van der Waals surface area contributed by atoms with E-state index in [1.807, 2.05) is 0 Å². The SMILES string of the molecule is CN(C)P(O)(=S)OC[C@@H]1CNC[C@H](n2ccc(N)nc2=O)O1. The Labute approximate surface area is 133 Å². The smallest absolute Gasteiger partial charge is 0.351 e. The zero-order valence-electron chi connectivity index (χ0n) is 12.4. The van der Waals surface area contributed by atoms with E-state index in [2.05, 4.69) is 10.3 Å². The van der Waals surface area contributed by atoms with Gasteiger partial charge in [0.25, 0.3) is 6.64 Å². The van der Waals surface area contributed by atoms with Crippen molar-refractivity contribution in [2.45, 2.75) is 12.3 Å². The molecule has 1 aromatic rings. The van der Waals surface area contributed by atoms with Crippen LogP contribution in [0.4, 0.5) is 5.82 Å². The van der Waals surface area contributed by atoms with Gasteiger partial charge in [0.1, 0.15) is 5.82 Å². The van der Waals surface area contributed by atoms with Crippen LogP contribution in [0.25, 0.3) is 0 Å². The van der Waals surface area contributed by atoms with Crippen LogP contribution < -0.4 is 16.7 Å². The minimum atomic E-state index is -2.98. The minimum Gasteiger partial charge on any atom is -0.383 e. The molecule has 9 nitrogen and oxygen atoms in total. The van der Waals surface area contributed by atoms with Gasteiger partial charge in [-0.3, -0.25) is 4.57 Å². The molecule has 1 unspecified atom stereocenters. The highest BCUT2D eigenvalue weighted by atomic mass is 32.5. The molecule has 1 aliphatic heterocycles. The van der Waals surface area contributed by atoms with E-state index in [1.54, 1.807) is 14.1 Å². The van der Waals surface area contributed by atoms with Gasteiger partial charge < -0.3 is 25.2 Å². The van der Waals surface area contributed by atoms with Crippen LogP contribution in [-0.4, -0.2) is 59.0 Å². The molecule has 0 amide bonds. The Morgan fingerprint density at radius 2 is 2.41 bits per heavy atom. The number of aromatic nitrogens is 2. The number of hydrogen-bond acceptors (Lipinski definition) is 7. The molecule has 4 N–H and O–H groups in total. The summed E-state index contributed by atoms with van der Waals surface area (Å²) >= 11 is 5.01. The first-order valence-electron chi connectivity index (χ1n) is 6.65. The average molecular weight is 349 g/mol. The van der Waals surface area contributed by atoms with Gasteiger partial charge in [0.15, 0.2) is 6.23 Å². The van der Waals surface area contributed by atoms with E-state index in [0.29, 0.717) is 13.1 Å². The third-order valence-electron chi connectivity index (χ3n) is 3.14. The highest BCUT2D eigenvalue weighted by molar-refractivity contribution is 8.08. The van der Waals surface area contributed by atoms with Crippen molar-refractivity contribution in [3.63, 3.8) is 0 Å². The highest BCUT2D eigenvalue weighted by Gasteiger charge is 2.27. The van der Waals surface area contributed by atoms with Crippen LogP contribution in [0.2, 0.25) is 0 Å². The van der Waals surface area contributed by atoms with Crippen LogP contribution in [0.1, 0.15) is 6.23 Å². The Hall–Kier alpha value is -0.870. The zero-order chi connectivity index (χ0) is 16.3. The van der Waals surface area contributed by atoms with Gasteiger partial charge in [0.2, 0.25) is 0 Å². The van der Waals surface area contributed by atoms with Gasteiger partial charge in [-0.05, 0) is 32.0 Å². The molecule has 2 rings (SSSR count). The summed E-state index contributed by atoms with van der Waals surface area (Å²) in [6, 6.07) is 1.53. The lowest BCUT2D eigenvalue weighted by atomic mass is 10.3. The van der Waals surface area contributed by atoms with Gasteiger partial charge in [-0.15, -0.1) is 0 Å². The van der Waals surface area contributed by atoms with E-state index in [9.17, 15) is 9.69 Å². The molecule has 0 saturated carbocycles. The van der Waals surface area contributed by atoms with Crippen molar-refractivity contribution in [1.29, 1.82) is 0 Å². The van der Waals surface area contributed by atoms with Crippen molar-refractivity contribution < 1.29 is 14.2 Å². The molecule has 0 radical (unpaired) electrons. The number of nitrogens with one attached hydrogen (secondary N) is 1. The number of nitrogens with two attached hydrogens (primary N) is 1. The van der Waals surface area contributed by atoms with Crippen LogP contribution in [-0.2, 0) is 21.1 Å². The van der Waals surface area contributed by atoms with E-state index in [0.717, 1.165) is 0 Å². The van der Waals surface area contributed by atoms with Gasteiger partial charge in [0, 0.05) is 19.3 Å². The highest BCUT2D eigenvalue weighted by Crippen LogP contribution is 2.44. The average Bonchev–Trinajstić information content (AvgIpc) is 2.45. The standard InChI is InChI=1S/C11H20N5O4PS/c1-15(2)21(18,22)19-7-8-5-13-6-10(20-8)16-4-3-9(12)14-11(16)17/h3-4,8,10,13H,5-7H2,1-2H3,(H,18,22)(H2,12,14,17)/t8-,10+,21?/m0/s1. The first kappa shape index (κ1) is 17.5. The Bertz CT molecular complexity index is 625. The summed E-state index contributed by atoms with van der Waals surface area (Å²) in [5.74, 6) is 0.164. The normalized spacial score (nSPS) is 25.1. The monoisotopic (exact) mass is 349 g/mol. The zero-order valence-corrected chi connectivity index (χ0v) is 14.1. The molecular formula is C11H20N5O4PS. The Morgan fingerprint density at radius 3 is 3.05 bits per heavy atom. The third kappa shape index (κ3) is 4.32. The first-order valence-corrected chi connectivity index (χ1v) is 9.28. The maximum Gasteiger partial charge on any atom is 0.351 e. The number of rotatable bonds is 5. The van der Waals surface area contributed by atoms with Crippen LogP contribution in [0, 0.1) is 0 Å². The fraction of sp³-hybridized carbons (Fsp3) is 0.636. The number of ether oxygens (including phenoxy) is 1. The van der Waals surface area contributed by atoms with Crippen LogP contribution in [0.5, 0.6) is 0 Å². The lowest BCUT2D eigenvalue weighted by molar-refractivity contribution is -0.0936. The second kappa shape index (κ2) is 7.14. The molecule has 2 heterocycles. The van der Waals surface area contributed by atoms with Crippen molar-refractivity contribution in [1.82, 2.24) is 19.5 Å². The van der Waals surface area contributed by atoms with Crippen LogP contribution in [0.3, 0.4) is 0 Å². The first-order chi connectivity index (χ1) is 10.3. The molecule has 1 aliphatic rings. The topological polar surface area (TPSA) is 115 Å². The molecule has 0 spiro atoms. The van der Waals surface area contributed by atoms with Crippen LogP contribution in [0.15, 0.2) is 17.1 Å². The van der Waals surface area contributed by atoms with Crippen LogP contribution >= 0.6 is 6.64 Å². The summed E-state index contributed by atoms with van der Waals surface area (Å²) in [6.07, 6.45) is 0.688. The number of anilines is 1.